The maximum Gasteiger partial charge on any atom is 0.197 e. The number of hydrogen-bond acceptors (Lipinski definition) is 2. The highest BCUT2D eigenvalue weighted by Crippen LogP contribution is 2.52. The lowest BCUT2D eigenvalue weighted by molar-refractivity contribution is 0.451. The van der Waals surface area contributed by atoms with E-state index in [0.29, 0.717) is 6.04 Å². The van der Waals surface area contributed by atoms with Crippen LogP contribution in [-0.2, 0) is 6.42 Å². The van der Waals surface area contributed by atoms with E-state index in [1.54, 1.807) is 0 Å². The first-order valence-corrected chi connectivity index (χ1v) is 9.81. The first-order chi connectivity index (χ1) is 12.4. The number of furan rings is 1. The molecule has 1 N–H and O–H groups in total. The Labute approximate surface area is 149 Å². The summed E-state index contributed by atoms with van der Waals surface area (Å²) in [6.07, 6.45) is 8.79. The van der Waals surface area contributed by atoms with Crippen LogP contribution in [-0.4, -0.2) is 6.04 Å². The fraction of sp³-hybridized carbons (Fsp3) is 0.391. The standard InChI is InChI=1S/C23H25NO/c1-2-8-19-21-17-13-6-9-15-10-7-14-18(20(15)17)22(21)25-23(19)24-16-11-4-3-5-12-16/h6-7,9-10,13-14,16,24H,2-5,8,11-12H2,1H3. The van der Waals surface area contributed by atoms with E-state index in [9.17, 15) is 0 Å². The number of benzene rings is 2. The number of rotatable bonds is 4. The Morgan fingerprint density at radius 1 is 1.00 bits per heavy atom. The van der Waals surface area contributed by atoms with E-state index >= 15 is 0 Å². The van der Waals surface area contributed by atoms with Crippen LogP contribution in [0.5, 0.6) is 0 Å². The summed E-state index contributed by atoms with van der Waals surface area (Å²) < 4.78 is 6.47. The minimum absolute atomic E-state index is 0.571. The van der Waals surface area contributed by atoms with Crippen LogP contribution in [0.1, 0.15) is 51.0 Å². The van der Waals surface area contributed by atoms with Crippen LogP contribution in [0, 0.1) is 0 Å². The van der Waals surface area contributed by atoms with Gasteiger partial charge < -0.3 is 9.73 Å². The van der Waals surface area contributed by atoms with Crippen molar-refractivity contribution in [1.29, 1.82) is 0 Å². The van der Waals surface area contributed by atoms with E-state index in [2.05, 4.69) is 48.6 Å². The molecule has 2 heteroatoms. The molecule has 0 aliphatic heterocycles. The highest BCUT2D eigenvalue weighted by Gasteiger charge is 2.30. The first-order valence-electron chi connectivity index (χ1n) is 9.81. The van der Waals surface area contributed by atoms with Crippen molar-refractivity contribution in [1.82, 2.24) is 0 Å². The number of fused-ring (bicyclic) bond motifs is 3. The van der Waals surface area contributed by atoms with Gasteiger partial charge in [-0.1, -0.05) is 69.0 Å². The molecule has 2 aromatic carbocycles. The topological polar surface area (TPSA) is 25.2 Å². The van der Waals surface area contributed by atoms with Crippen LogP contribution < -0.4 is 5.32 Å². The fourth-order valence-corrected chi connectivity index (χ4v) is 4.72. The van der Waals surface area contributed by atoms with E-state index < -0.39 is 0 Å². The Hall–Kier alpha value is -2.22. The van der Waals surface area contributed by atoms with Gasteiger partial charge in [0.05, 0.1) is 0 Å². The van der Waals surface area contributed by atoms with Crippen molar-refractivity contribution >= 4 is 16.7 Å². The molecule has 1 saturated carbocycles. The van der Waals surface area contributed by atoms with Crippen LogP contribution in [0.3, 0.4) is 0 Å². The van der Waals surface area contributed by atoms with Crippen molar-refractivity contribution < 1.29 is 4.42 Å². The van der Waals surface area contributed by atoms with Crippen LogP contribution in [0.4, 0.5) is 5.88 Å². The number of anilines is 1. The quantitative estimate of drug-likeness (QED) is 0.446. The molecule has 1 heterocycles. The normalized spacial score (nSPS) is 16.4. The number of hydrogen-bond donors (Lipinski definition) is 1. The van der Waals surface area contributed by atoms with Crippen LogP contribution >= 0.6 is 0 Å². The largest absolute Gasteiger partial charge is 0.440 e. The summed E-state index contributed by atoms with van der Waals surface area (Å²) in [4.78, 5) is 0. The van der Waals surface area contributed by atoms with Crippen LogP contribution in [0.2, 0.25) is 0 Å². The second kappa shape index (κ2) is 5.94. The van der Waals surface area contributed by atoms with E-state index in [0.717, 1.165) is 24.5 Å². The minimum Gasteiger partial charge on any atom is -0.440 e. The summed E-state index contributed by atoms with van der Waals surface area (Å²) in [7, 11) is 0. The third-order valence-electron chi connectivity index (χ3n) is 5.87. The van der Waals surface area contributed by atoms with E-state index in [4.69, 9.17) is 4.42 Å². The summed E-state index contributed by atoms with van der Waals surface area (Å²) in [5.41, 5.74) is 5.34. The molecule has 25 heavy (non-hydrogen) atoms. The SMILES string of the molecule is CCCc1c(NC2CCCCC2)oc2c1-c1cccc3cccc-2c13. The Morgan fingerprint density at radius 2 is 1.76 bits per heavy atom. The van der Waals surface area contributed by atoms with Crippen molar-refractivity contribution in [2.45, 2.75) is 57.9 Å². The van der Waals surface area contributed by atoms with Crippen LogP contribution in [0.25, 0.3) is 33.2 Å². The van der Waals surface area contributed by atoms with Gasteiger partial charge in [-0.25, -0.2) is 0 Å². The summed E-state index contributed by atoms with van der Waals surface area (Å²) in [5.74, 6) is 2.11. The smallest absolute Gasteiger partial charge is 0.197 e. The third kappa shape index (κ3) is 2.31. The summed E-state index contributed by atoms with van der Waals surface area (Å²) in [6, 6.07) is 13.8. The fourth-order valence-electron chi connectivity index (χ4n) is 4.72. The molecule has 5 rings (SSSR count). The lowest BCUT2D eigenvalue weighted by Gasteiger charge is -2.23. The predicted octanol–water partition coefficient (Wildman–Crippen LogP) is 6.78. The van der Waals surface area contributed by atoms with Gasteiger partial charge in [0.2, 0.25) is 0 Å². The zero-order valence-corrected chi connectivity index (χ0v) is 14.9. The predicted molar refractivity (Wildman–Crippen MR) is 105 cm³/mol. The average molecular weight is 331 g/mol. The van der Waals surface area contributed by atoms with Gasteiger partial charge >= 0.3 is 0 Å². The summed E-state index contributed by atoms with van der Waals surface area (Å²) >= 11 is 0. The zero-order valence-electron chi connectivity index (χ0n) is 14.9. The summed E-state index contributed by atoms with van der Waals surface area (Å²) in [5, 5.41) is 6.43. The molecule has 3 aromatic rings. The molecular formula is C23H25NO. The Kier molecular flexibility index (Phi) is 3.58. The summed E-state index contributed by atoms with van der Waals surface area (Å²) in [6.45, 7) is 2.26. The van der Waals surface area contributed by atoms with Crippen LogP contribution in [0.15, 0.2) is 40.8 Å². The molecule has 2 aliphatic carbocycles. The maximum absolute atomic E-state index is 6.47. The second-order valence-corrected chi connectivity index (χ2v) is 7.55. The van der Waals surface area contributed by atoms with Crippen molar-refractivity contribution in [3.05, 3.63) is 42.0 Å². The Bertz CT molecular complexity index is 925. The molecule has 2 nitrogen and oxygen atoms in total. The van der Waals surface area contributed by atoms with Crippen molar-refractivity contribution in [3.63, 3.8) is 0 Å². The molecular weight excluding hydrogens is 306 g/mol. The van der Waals surface area contributed by atoms with Gasteiger partial charge in [-0.15, -0.1) is 0 Å². The van der Waals surface area contributed by atoms with Crippen molar-refractivity contribution in [3.8, 4) is 22.5 Å². The monoisotopic (exact) mass is 331 g/mol. The molecule has 0 spiro atoms. The molecule has 1 aromatic heterocycles. The molecule has 1 fully saturated rings. The molecule has 0 atom stereocenters. The lowest BCUT2D eigenvalue weighted by atomic mass is 9.95. The molecule has 0 saturated heterocycles. The second-order valence-electron chi connectivity index (χ2n) is 7.55. The first kappa shape index (κ1) is 15.1. The molecule has 0 unspecified atom stereocenters. The maximum atomic E-state index is 6.47. The highest BCUT2D eigenvalue weighted by atomic mass is 16.4. The van der Waals surface area contributed by atoms with Gasteiger partial charge in [0.15, 0.2) is 5.88 Å². The van der Waals surface area contributed by atoms with Gasteiger partial charge in [0.25, 0.3) is 0 Å². The van der Waals surface area contributed by atoms with Gasteiger partial charge in [-0.3, -0.25) is 0 Å². The Morgan fingerprint density at radius 3 is 2.52 bits per heavy atom. The van der Waals surface area contributed by atoms with Gasteiger partial charge in [-0.05, 0) is 30.2 Å². The van der Waals surface area contributed by atoms with Gasteiger partial charge in [0.1, 0.15) is 5.76 Å². The van der Waals surface area contributed by atoms with E-state index in [1.807, 2.05) is 0 Å². The Balaban J connectivity index is 1.64. The molecule has 0 amide bonds. The third-order valence-corrected chi connectivity index (χ3v) is 5.87. The zero-order chi connectivity index (χ0) is 16.8. The van der Waals surface area contributed by atoms with Gasteiger partial charge in [-0.2, -0.15) is 0 Å². The number of nitrogens with one attached hydrogen (secondary N) is 1. The van der Waals surface area contributed by atoms with E-state index in [1.165, 1.54) is 65.1 Å². The highest BCUT2D eigenvalue weighted by molar-refractivity contribution is 6.15. The van der Waals surface area contributed by atoms with Crippen molar-refractivity contribution in [2.75, 3.05) is 5.32 Å². The van der Waals surface area contributed by atoms with Gasteiger partial charge in [0, 0.05) is 28.1 Å². The van der Waals surface area contributed by atoms with Crippen molar-refractivity contribution in [2.24, 2.45) is 0 Å². The molecule has 2 aliphatic rings. The van der Waals surface area contributed by atoms with E-state index in [-0.39, 0.29) is 0 Å². The lowest BCUT2D eigenvalue weighted by Crippen LogP contribution is -2.22. The molecule has 128 valence electrons. The average Bonchev–Trinajstić information content (AvgIpc) is 3.15. The molecule has 0 radical (unpaired) electrons. The molecule has 0 bridgehead atoms. The minimum atomic E-state index is 0.571.